The molecular weight excluding hydrogens is 150 g/mol. The maximum absolute atomic E-state index is 11.4. The minimum Gasteiger partial charge on any atom is -0.342 e. The monoisotopic (exact) mass is 167 g/mol. The summed E-state index contributed by atoms with van der Waals surface area (Å²) in [6.45, 7) is 9.75. The molecule has 12 heavy (non-hydrogen) atoms. The highest BCUT2D eigenvalue weighted by Gasteiger charge is 2.27. The van der Waals surface area contributed by atoms with Crippen molar-refractivity contribution in [3.8, 4) is 0 Å². The fraction of sp³-hybridized carbons (Fsp3) is 0.700. The fourth-order valence-corrected chi connectivity index (χ4v) is 1.58. The van der Waals surface area contributed by atoms with Crippen LogP contribution >= 0.6 is 0 Å². The first kappa shape index (κ1) is 9.30. The van der Waals surface area contributed by atoms with Crippen LogP contribution in [0, 0.1) is 11.8 Å². The fourth-order valence-electron chi connectivity index (χ4n) is 1.58. The molecule has 1 fully saturated rings. The second-order valence-corrected chi connectivity index (χ2v) is 3.89. The van der Waals surface area contributed by atoms with E-state index in [-0.39, 0.29) is 5.91 Å². The van der Waals surface area contributed by atoms with E-state index in [1.54, 1.807) is 0 Å². The Balaban J connectivity index is 2.46. The highest BCUT2D eigenvalue weighted by molar-refractivity contribution is 5.78. The van der Waals surface area contributed by atoms with Crippen molar-refractivity contribution in [1.29, 1.82) is 0 Å². The number of likely N-dealkylation sites (tertiary alicyclic amines) is 1. The lowest BCUT2D eigenvalue weighted by Crippen LogP contribution is -2.29. The van der Waals surface area contributed by atoms with Crippen molar-refractivity contribution in [3.63, 3.8) is 0 Å². The minimum atomic E-state index is 0.286. The summed E-state index contributed by atoms with van der Waals surface area (Å²) >= 11 is 0. The van der Waals surface area contributed by atoms with Crippen LogP contribution in [0.1, 0.15) is 20.3 Å². The number of hydrogen-bond acceptors (Lipinski definition) is 1. The quantitative estimate of drug-likeness (QED) is 0.586. The van der Waals surface area contributed by atoms with Crippen molar-refractivity contribution >= 4 is 5.91 Å². The van der Waals surface area contributed by atoms with Gasteiger partial charge >= 0.3 is 0 Å². The van der Waals surface area contributed by atoms with Gasteiger partial charge in [0.05, 0.1) is 0 Å². The van der Waals surface area contributed by atoms with Crippen LogP contribution in [0.4, 0.5) is 0 Å². The summed E-state index contributed by atoms with van der Waals surface area (Å²) in [6.07, 6.45) is 2.55. The molecule has 0 saturated carbocycles. The first-order valence-electron chi connectivity index (χ1n) is 4.53. The van der Waals surface area contributed by atoms with Crippen LogP contribution in [-0.2, 0) is 4.79 Å². The standard InChI is InChI=1S/C10H17NO/c1-4-9-5-10(12)11(7-9)6-8(2)3/h4,8-9H,1,5-7H2,2-3H3. The average Bonchev–Trinajstić information content (AvgIpc) is 2.31. The number of amides is 1. The number of carbonyl (C=O) groups excluding carboxylic acids is 1. The summed E-state index contributed by atoms with van der Waals surface area (Å²) in [5.74, 6) is 1.24. The van der Waals surface area contributed by atoms with Crippen molar-refractivity contribution in [2.24, 2.45) is 11.8 Å². The molecule has 0 aromatic carbocycles. The van der Waals surface area contributed by atoms with Crippen molar-refractivity contribution < 1.29 is 4.79 Å². The molecule has 0 spiro atoms. The molecule has 1 rings (SSSR count). The van der Waals surface area contributed by atoms with Gasteiger partial charge in [-0.2, -0.15) is 0 Å². The summed E-state index contributed by atoms with van der Waals surface area (Å²) < 4.78 is 0. The van der Waals surface area contributed by atoms with Crippen LogP contribution in [-0.4, -0.2) is 23.9 Å². The summed E-state index contributed by atoms with van der Waals surface area (Å²) in [4.78, 5) is 13.3. The second-order valence-electron chi connectivity index (χ2n) is 3.89. The molecule has 1 heterocycles. The molecule has 1 atom stereocenters. The Bertz CT molecular complexity index is 186. The highest BCUT2D eigenvalue weighted by Crippen LogP contribution is 2.19. The summed E-state index contributed by atoms with van der Waals surface area (Å²) in [5, 5.41) is 0. The maximum atomic E-state index is 11.4. The van der Waals surface area contributed by atoms with E-state index in [0.29, 0.717) is 18.3 Å². The van der Waals surface area contributed by atoms with Gasteiger partial charge in [0, 0.05) is 25.4 Å². The lowest BCUT2D eigenvalue weighted by molar-refractivity contribution is -0.128. The van der Waals surface area contributed by atoms with E-state index in [2.05, 4.69) is 20.4 Å². The first-order valence-corrected chi connectivity index (χ1v) is 4.53. The first-order chi connectivity index (χ1) is 5.63. The number of hydrogen-bond donors (Lipinski definition) is 0. The smallest absolute Gasteiger partial charge is 0.223 e. The van der Waals surface area contributed by atoms with Crippen LogP contribution < -0.4 is 0 Å². The van der Waals surface area contributed by atoms with Crippen molar-refractivity contribution in [2.75, 3.05) is 13.1 Å². The maximum Gasteiger partial charge on any atom is 0.223 e. The van der Waals surface area contributed by atoms with E-state index >= 15 is 0 Å². The van der Waals surface area contributed by atoms with Gasteiger partial charge in [-0.1, -0.05) is 19.9 Å². The topological polar surface area (TPSA) is 20.3 Å². The van der Waals surface area contributed by atoms with Gasteiger partial charge in [0.15, 0.2) is 0 Å². The Kier molecular flexibility index (Phi) is 2.90. The van der Waals surface area contributed by atoms with Crippen LogP contribution in [0.15, 0.2) is 12.7 Å². The zero-order valence-electron chi connectivity index (χ0n) is 7.92. The highest BCUT2D eigenvalue weighted by atomic mass is 16.2. The predicted molar refractivity (Wildman–Crippen MR) is 49.7 cm³/mol. The molecule has 1 unspecified atom stereocenters. The third-order valence-corrected chi connectivity index (χ3v) is 2.16. The average molecular weight is 167 g/mol. The molecule has 2 heteroatoms. The normalized spacial score (nSPS) is 23.8. The molecule has 0 aliphatic carbocycles. The van der Waals surface area contributed by atoms with Gasteiger partial charge in [0.25, 0.3) is 0 Å². The van der Waals surface area contributed by atoms with Gasteiger partial charge in [-0.25, -0.2) is 0 Å². The van der Waals surface area contributed by atoms with Crippen LogP contribution in [0.2, 0.25) is 0 Å². The van der Waals surface area contributed by atoms with E-state index in [1.807, 2.05) is 11.0 Å². The zero-order valence-corrected chi connectivity index (χ0v) is 7.92. The molecule has 1 aliphatic heterocycles. The van der Waals surface area contributed by atoms with E-state index in [1.165, 1.54) is 0 Å². The molecule has 1 amide bonds. The SMILES string of the molecule is C=CC1CC(=O)N(CC(C)C)C1. The molecule has 1 aliphatic rings. The Morgan fingerprint density at radius 1 is 1.75 bits per heavy atom. The lowest BCUT2D eigenvalue weighted by Gasteiger charge is -2.18. The number of nitrogens with zero attached hydrogens (tertiary/aromatic N) is 1. The van der Waals surface area contributed by atoms with Gasteiger partial charge in [-0.3, -0.25) is 4.79 Å². The molecule has 1 saturated heterocycles. The molecule has 2 nitrogen and oxygen atoms in total. The Morgan fingerprint density at radius 3 is 2.83 bits per heavy atom. The Labute approximate surface area is 74.2 Å². The molecule has 0 radical (unpaired) electrons. The minimum absolute atomic E-state index is 0.286. The largest absolute Gasteiger partial charge is 0.342 e. The van der Waals surface area contributed by atoms with Gasteiger partial charge in [0.1, 0.15) is 0 Å². The van der Waals surface area contributed by atoms with Gasteiger partial charge in [-0.05, 0) is 5.92 Å². The Morgan fingerprint density at radius 2 is 2.42 bits per heavy atom. The van der Waals surface area contributed by atoms with Gasteiger partial charge in [-0.15, -0.1) is 6.58 Å². The predicted octanol–water partition coefficient (Wildman–Crippen LogP) is 1.68. The van der Waals surface area contributed by atoms with E-state index in [9.17, 15) is 4.79 Å². The summed E-state index contributed by atoms with van der Waals surface area (Å²) in [6, 6.07) is 0. The lowest BCUT2D eigenvalue weighted by atomic mass is 10.1. The van der Waals surface area contributed by atoms with Crippen molar-refractivity contribution in [1.82, 2.24) is 4.90 Å². The van der Waals surface area contributed by atoms with Gasteiger partial charge < -0.3 is 4.90 Å². The molecule has 0 aromatic rings. The van der Waals surface area contributed by atoms with Crippen LogP contribution in [0.25, 0.3) is 0 Å². The summed E-state index contributed by atoms with van der Waals surface area (Å²) in [7, 11) is 0. The molecule has 0 bridgehead atoms. The van der Waals surface area contributed by atoms with E-state index < -0.39 is 0 Å². The molecule has 68 valence electrons. The van der Waals surface area contributed by atoms with Crippen molar-refractivity contribution in [3.05, 3.63) is 12.7 Å². The number of rotatable bonds is 3. The Hall–Kier alpha value is -0.790. The van der Waals surface area contributed by atoms with E-state index in [0.717, 1.165) is 13.1 Å². The molecule has 0 aromatic heterocycles. The molecular formula is C10H17NO. The third-order valence-electron chi connectivity index (χ3n) is 2.16. The second kappa shape index (κ2) is 3.74. The third kappa shape index (κ3) is 2.10. The van der Waals surface area contributed by atoms with Crippen LogP contribution in [0.3, 0.4) is 0 Å². The van der Waals surface area contributed by atoms with E-state index in [4.69, 9.17) is 0 Å². The van der Waals surface area contributed by atoms with Crippen molar-refractivity contribution in [2.45, 2.75) is 20.3 Å². The number of carbonyl (C=O) groups is 1. The molecule has 0 N–H and O–H groups in total. The van der Waals surface area contributed by atoms with Crippen LogP contribution in [0.5, 0.6) is 0 Å². The summed E-state index contributed by atoms with van der Waals surface area (Å²) in [5.41, 5.74) is 0. The zero-order chi connectivity index (χ0) is 9.14. The van der Waals surface area contributed by atoms with Gasteiger partial charge in [0.2, 0.25) is 5.91 Å².